The third-order valence-electron chi connectivity index (χ3n) is 2.57. The van der Waals surface area contributed by atoms with Crippen LogP contribution in [0.15, 0.2) is 22.7 Å². The summed E-state index contributed by atoms with van der Waals surface area (Å²) in [5.41, 5.74) is 0.462. The third-order valence-corrected chi connectivity index (χ3v) is 3.39. The van der Waals surface area contributed by atoms with E-state index in [9.17, 15) is 9.59 Å². The van der Waals surface area contributed by atoms with Gasteiger partial charge < -0.3 is 15.7 Å². The summed E-state index contributed by atoms with van der Waals surface area (Å²) in [7, 11) is 0. The number of hydrogen-bond donors (Lipinski definition) is 3. The smallest absolute Gasteiger partial charge is 0.319 e. The Morgan fingerprint density at radius 2 is 2.15 bits per heavy atom. The molecule has 1 aromatic rings. The Morgan fingerprint density at radius 1 is 1.45 bits per heavy atom. The summed E-state index contributed by atoms with van der Waals surface area (Å²) in [6.45, 7) is 1.93. The molecule has 0 spiro atoms. The minimum absolute atomic E-state index is 0.104. The summed E-state index contributed by atoms with van der Waals surface area (Å²) < 4.78 is 0.785. The number of aliphatic carboxylic acids is 1. The first kappa shape index (κ1) is 16.8. The van der Waals surface area contributed by atoms with Crippen molar-refractivity contribution >= 4 is 45.2 Å². The van der Waals surface area contributed by atoms with Crippen LogP contribution in [-0.4, -0.2) is 23.1 Å². The largest absolute Gasteiger partial charge is 0.481 e. The molecule has 1 atom stereocenters. The van der Waals surface area contributed by atoms with Gasteiger partial charge in [-0.25, -0.2) is 4.79 Å². The molecule has 0 aromatic heterocycles. The van der Waals surface area contributed by atoms with E-state index >= 15 is 0 Å². The minimum Gasteiger partial charge on any atom is -0.481 e. The average Bonchev–Trinajstić information content (AvgIpc) is 2.33. The Labute approximate surface area is 130 Å². The highest BCUT2D eigenvalue weighted by Crippen LogP contribution is 2.25. The molecule has 0 saturated heterocycles. The van der Waals surface area contributed by atoms with Crippen LogP contribution in [0.1, 0.15) is 26.2 Å². The van der Waals surface area contributed by atoms with Gasteiger partial charge in [0.05, 0.1) is 17.1 Å². The molecule has 1 rings (SSSR count). The van der Waals surface area contributed by atoms with Gasteiger partial charge >= 0.3 is 12.0 Å². The molecule has 0 aliphatic rings. The summed E-state index contributed by atoms with van der Waals surface area (Å²) in [4.78, 5) is 22.6. The minimum atomic E-state index is -0.941. The number of urea groups is 1. The van der Waals surface area contributed by atoms with Crippen molar-refractivity contribution in [2.45, 2.75) is 32.2 Å². The van der Waals surface area contributed by atoms with Gasteiger partial charge in [0, 0.05) is 10.5 Å². The quantitative estimate of drug-likeness (QED) is 0.718. The molecule has 0 saturated carbocycles. The molecule has 2 amide bonds. The van der Waals surface area contributed by atoms with Crippen LogP contribution in [0.5, 0.6) is 0 Å². The molecule has 0 aliphatic heterocycles. The molecule has 0 aliphatic carbocycles. The lowest BCUT2D eigenvalue weighted by Gasteiger charge is -2.17. The summed E-state index contributed by atoms with van der Waals surface area (Å²) in [6, 6.07) is 4.22. The van der Waals surface area contributed by atoms with E-state index in [1.165, 1.54) is 0 Å². The maximum absolute atomic E-state index is 11.9. The van der Waals surface area contributed by atoms with Gasteiger partial charge in [0.15, 0.2) is 0 Å². The van der Waals surface area contributed by atoms with Gasteiger partial charge in [-0.05, 0) is 24.6 Å². The number of benzene rings is 1. The van der Waals surface area contributed by atoms with Crippen molar-refractivity contribution in [2.24, 2.45) is 0 Å². The standard InChI is InChI=1S/C13H16BrClN2O3/c1-2-3-9(7-12(18)19)16-13(20)17-11-6-8(14)4-5-10(11)15/h4-6,9H,2-3,7H2,1H3,(H,18,19)(H2,16,17,20). The van der Waals surface area contributed by atoms with Gasteiger partial charge in [-0.2, -0.15) is 0 Å². The molecular weight excluding hydrogens is 348 g/mol. The van der Waals surface area contributed by atoms with Crippen LogP contribution >= 0.6 is 27.5 Å². The summed E-state index contributed by atoms with van der Waals surface area (Å²) in [6.07, 6.45) is 1.29. The molecule has 5 nitrogen and oxygen atoms in total. The number of halogens is 2. The molecule has 1 aromatic carbocycles. The second-order valence-corrected chi connectivity index (χ2v) is 5.63. The maximum atomic E-state index is 11.9. The van der Waals surface area contributed by atoms with Crippen LogP contribution in [0.3, 0.4) is 0 Å². The zero-order valence-electron chi connectivity index (χ0n) is 11.0. The highest BCUT2D eigenvalue weighted by Gasteiger charge is 2.15. The Balaban J connectivity index is 2.65. The van der Waals surface area contributed by atoms with Gasteiger partial charge in [0.2, 0.25) is 0 Å². The van der Waals surface area contributed by atoms with E-state index in [0.717, 1.165) is 10.9 Å². The maximum Gasteiger partial charge on any atom is 0.319 e. The molecule has 0 fully saturated rings. The summed E-state index contributed by atoms with van der Waals surface area (Å²) >= 11 is 9.25. The van der Waals surface area contributed by atoms with Crippen molar-refractivity contribution in [2.75, 3.05) is 5.32 Å². The van der Waals surface area contributed by atoms with Gasteiger partial charge in [0.25, 0.3) is 0 Å². The lowest BCUT2D eigenvalue weighted by Crippen LogP contribution is -2.39. The topological polar surface area (TPSA) is 78.4 Å². The van der Waals surface area contributed by atoms with Crippen LogP contribution < -0.4 is 10.6 Å². The van der Waals surface area contributed by atoms with Crippen LogP contribution in [-0.2, 0) is 4.79 Å². The van der Waals surface area contributed by atoms with Crippen molar-refractivity contribution in [1.29, 1.82) is 0 Å². The monoisotopic (exact) mass is 362 g/mol. The van der Waals surface area contributed by atoms with Crippen LogP contribution in [0.25, 0.3) is 0 Å². The van der Waals surface area contributed by atoms with E-state index in [-0.39, 0.29) is 6.42 Å². The Kier molecular flexibility index (Phi) is 6.81. The van der Waals surface area contributed by atoms with Crippen molar-refractivity contribution < 1.29 is 14.7 Å². The predicted molar refractivity (Wildman–Crippen MR) is 82.3 cm³/mol. The van der Waals surface area contributed by atoms with E-state index in [0.29, 0.717) is 17.1 Å². The first-order valence-electron chi connectivity index (χ1n) is 6.16. The number of carbonyl (C=O) groups excluding carboxylic acids is 1. The Morgan fingerprint density at radius 3 is 2.75 bits per heavy atom. The number of amides is 2. The van der Waals surface area contributed by atoms with Crippen LogP contribution in [0.2, 0.25) is 5.02 Å². The summed E-state index contributed by atoms with van der Waals surface area (Å²) in [5, 5.41) is 14.5. The van der Waals surface area contributed by atoms with E-state index in [2.05, 4.69) is 26.6 Å². The second-order valence-electron chi connectivity index (χ2n) is 4.31. The van der Waals surface area contributed by atoms with Gasteiger partial charge in [0.1, 0.15) is 0 Å². The lowest BCUT2D eigenvalue weighted by atomic mass is 10.1. The van der Waals surface area contributed by atoms with Gasteiger partial charge in [-0.1, -0.05) is 40.9 Å². The normalized spacial score (nSPS) is 11.8. The fraction of sp³-hybridized carbons (Fsp3) is 0.385. The van der Waals surface area contributed by atoms with Crippen molar-refractivity contribution in [3.63, 3.8) is 0 Å². The number of carboxylic acid groups (broad SMARTS) is 1. The second kappa shape index (κ2) is 8.11. The molecule has 0 radical (unpaired) electrons. The van der Waals surface area contributed by atoms with E-state index in [1.807, 2.05) is 6.92 Å². The van der Waals surface area contributed by atoms with E-state index in [1.54, 1.807) is 18.2 Å². The SMILES string of the molecule is CCCC(CC(=O)O)NC(=O)Nc1cc(Br)ccc1Cl. The predicted octanol–water partition coefficient (Wildman–Crippen LogP) is 3.87. The fourth-order valence-corrected chi connectivity index (χ4v) is 2.25. The third kappa shape index (κ3) is 5.79. The molecule has 0 bridgehead atoms. The number of hydrogen-bond acceptors (Lipinski definition) is 2. The highest BCUT2D eigenvalue weighted by atomic mass is 79.9. The number of nitrogens with one attached hydrogen (secondary N) is 2. The van der Waals surface area contributed by atoms with Crippen molar-refractivity contribution in [3.8, 4) is 0 Å². The first-order valence-corrected chi connectivity index (χ1v) is 7.33. The number of rotatable bonds is 6. The zero-order chi connectivity index (χ0) is 15.1. The Bertz CT molecular complexity index is 497. The van der Waals surface area contributed by atoms with E-state index in [4.69, 9.17) is 16.7 Å². The highest BCUT2D eigenvalue weighted by molar-refractivity contribution is 9.10. The van der Waals surface area contributed by atoms with E-state index < -0.39 is 18.0 Å². The van der Waals surface area contributed by atoms with Crippen molar-refractivity contribution in [1.82, 2.24) is 5.32 Å². The van der Waals surface area contributed by atoms with Crippen LogP contribution in [0, 0.1) is 0 Å². The average molecular weight is 364 g/mol. The van der Waals surface area contributed by atoms with Gasteiger partial charge in [-0.3, -0.25) is 4.79 Å². The van der Waals surface area contributed by atoms with Crippen molar-refractivity contribution in [3.05, 3.63) is 27.7 Å². The molecule has 0 heterocycles. The summed E-state index contributed by atoms with van der Waals surface area (Å²) in [5.74, 6) is -0.941. The molecule has 110 valence electrons. The Hall–Kier alpha value is -1.27. The number of carbonyl (C=O) groups is 2. The molecule has 20 heavy (non-hydrogen) atoms. The van der Waals surface area contributed by atoms with Crippen LogP contribution in [0.4, 0.5) is 10.5 Å². The van der Waals surface area contributed by atoms with Gasteiger partial charge in [-0.15, -0.1) is 0 Å². The molecule has 7 heteroatoms. The molecule has 3 N–H and O–H groups in total. The molecular formula is C13H16BrClN2O3. The number of carboxylic acids is 1. The zero-order valence-corrected chi connectivity index (χ0v) is 13.3. The molecule has 1 unspecified atom stereocenters. The lowest BCUT2D eigenvalue weighted by molar-refractivity contribution is -0.137. The fourth-order valence-electron chi connectivity index (χ4n) is 1.72. The first-order chi connectivity index (χ1) is 9.42. The number of anilines is 1.